The molecule has 1 amide bonds. The van der Waals surface area contributed by atoms with Crippen molar-refractivity contribution < 1.29 is 19.1 Å². The van der Waals surface area contributed by atoms with Crippen LogP contribution < -0.4 is 15.2 Å². The average Bonchev–Trinajstić information content (AvgIpc) is 3.07. The molecule has 1 heterocycles. The lowest BCUT2D eigenvalue weighted by atomic mass is 10.1. The van der Waals surface area contributed by atoms with Crippen molar-refractivity contribution >= 4 is 29.3 Å². The summed E-state index contributed by atoms with van der Waals surface area (Å²) in [5.41, 5.74) is 5.42. The zero-order chi connectivity index (χ0) is 16.8. The Morgan fingerprint density at radius 3 is 2.65 bits per heavy atom. The highest BCUT2D eigenvalue weighted by molar-refractivity contribution is 7.12. The molecule has 0 fully saturated rings. The summed E-state index contributed by atoms with van der Waals surface area (Å²) < 4.78 is 10.5. The number of hydrogen-bond donors (Lipinski definition) is 1. The highest BCUT2D eigenvalue weighted by atomic mass is 32.1. The van der Waals surface area contributed by atoms with Crippen molar-refractivity contribution in [3.63, 3.8) is 0 Å². The van der Waals surface area contributed by atoms with E-state index in [-0.39, 0.29) is 11.3 Å². The van der Waals surface area contributed by atoms with Crippen LogP contribution in [0.4, 0.5) is 0 Å². The topological polar surface area (TPSA) is 102 Å². The first-order chi connectivity index (χ1) is 11.0. The quantitative estimate of drug-likeness (QED) is 0.393. The average molecular weight is 328 g/mol. The minimum absolute atomic E-state index is 0.185. The summed E-state index contributed by atoms with van der Waals surface area (Å²) in [6.45, 7) is 0. The Bertz CT molecular complexity index is 804. The van der Waals surface area contributed by atoms with Gasteiger partial charge in [-0.3, -0.25) is 4.79 Å². The van der Waals surface area contributed by atoms with Gasteiger partial charge in [0.2, 0.25) is 0 Å². The molecule has 0 unspecified atom stereocenters. The lowest BCUT2D eigenvalue weighted by molar-refractivity contribution is -0.114. The van der Waals surface area contributed by atoms with E-state index in [2.05, 4.69) is 0 Å². The number of carbonyl (C=O) groups excluding carboxylic acids is 2. The number of amides is 1. The lowest BCUT2D eigenvalue weighted by Crippen LogP contribution is -2.12. The van der Waals surface area contributed by atoms with Gasteiger partial charge in [-0.1, -0.05) is 12.1 Å². The number of nitriles is 1. The summed E-state index contributed by atoms with van der Waals surface area (Å²) in [5, 5.41) is 10.6. The summed E-state index contributed by atoms with van der Waals surface area (Å²) in [4.78, 5) is 23.5. The summed E-state index contributed by atoms with van der Waals surface area (Å²) >= 11 is 1.27. The van der Waals surface area contributed by atoms with Gasteiger partial charge in [-0.15, -0.1) is 11.3 Å². The molecule has 2 rings (SSSR count). The molecule has 2 aromatic rings. The van der Waals surface area contributed by atoms with Gasteiger partial charge < -0.3 is 15.2 Å². The van der Waals surface area contributed by atoms with Gasteiger partial charge in [-0.2, -0.15) is 5.26 Å². The van der Waals surface area contributed by atoms with Crippen molar-refractivity contribution in [2.24, 2.45) is 5.73 Å². The number of thiophene rings is 1. The molecule has 23 heavy (non-hydrogen) atoms. The highest BCUT2D eigenvalue weighted by Crippen LogP contribution is 2.30. The number of hydrogen-bond acceptors (Lipinski definition) is 6. The molecule has 0 bridgehead atoms. The van der Waals surface area contributed by atoms with E-state index in [9.17, 15) is 9.59 Å². The van der Waals surface area contributed by atoms with Gasteiger partial charge >= 0.3 is 5.97 Å². The van der Waals surface area contributed by atoms with Gasteiger partial charge in [0.15, 0.2) is 11.5 Å². The van der Waals surface area contributed by atoms with Crippen LogP contribution in [0.15, 0.2) is 41.3 Å². The molecule has 1 aromatic carbocycles. The molecule has 7 heteroatoms. The molecule has 0 radical (unpaired) electrons. The monoisotopic (exact) mass is 328 g/mol. The van der Waals surface area contributed by atoms with Crippen LogP contribution in [0, 0.1) is 11.3 Å². The number of esters is 1. The Balaban J connectivity index is 2.28. The second-order valence-electron chi connectivity index (χ2n) is 4.31. The van der Waals surface area contributed by atoms with Crippen LogP contribution in [0.25, 0.3) is 6.08 Å². The Labute approximate surface area is 136 Å². The summed E-state index contributed by atoms with van der Waals surface area (Å²) in [6.07, 6.45) is 1.33. The van der Waals surface area contributed by atoms with Crippen LogP contribution in [0.5, 0.6) is 11.5 Å². The highest BCUT2D eigenvalue weighted by Gasteiger charge is 2.14. The normalized spacial score (nSPS) is 10.7. The number of rotatable bonds is 5. The molecule has 0 spiro atoms. The maximum atomic E-state index is 12.0. The van der Waals surface area contributed by atoms with Crippen molar-refractivity contribution in [3.05, 3.63) is 51.7 Å². The van der Waals surface area contributed by atoms with E-state index in [0.29, 0.717) is 16.2 Å². The molecule has 6 nitrogen and oxygen atoms in total. The standard InChI is InChI=1S/C16H12N2O4S/c1-21-13-8-10(7-11(9-17)15(18)19)4-5-12(13)22-16(20)14-3-2-6-23-14/h2-8H,1H3,(H2,18,19). The third kappa shape index (κ3) is 3.96. The zero-order valence-corrected chi connectivity index (χ0v) is 12.9. The van der Waals surface area contributed by atoms with Gasteiger partial charge in [-0.05, 0) is 35.2 Å². The summed E-state index contributed by atoms with van der Waals surface area (Å²) in [7, 11) is 1.42. The fraction of sp³-hybridized carbons (Fsp3) is 0.0625. The van der Waals surface area contributed by atoms with Crippen molar-refractivity contribution in [1.82, 2.24) is 0 Å². The van der Waals surface area contributed by atoms with Crippen molar-refractivity contribution in [3.8, 4) is 17.6 Å². The van der Waals surface area contributed by atoms with Gasteiger partial charge in [0.05, 0.1) is 7.11 Å². The number of nitrogens with zero attached hydrogens (tertiary/aromatic N) is 1. The molecule has 0 aliphatic heterocycles. The van der Waals surface area contributed by atoms with E-state index in [1.54, 1.807) is 29.6 Å². The number of nitrogens with two attached hydrogens (primary N) is 1. The zero-order valence-electron chi connectivity index (χ0n) is 12.1. The van der Waals surface area contributed by atoms with Gasteiger partial charge in [0, 0.05) is 0 Å². The Morgan fingerprint density at radius 1 is 1.30 bits per heavy atom. The smallest absolute Gasteiger partial charge is 0.353 e. The van der Waals surface area contributed by atoms with Crippen LogP contribution in [-0.2, 0) is 4.79 Å². The van der Waals surface area contributed by atoms with Crippen LogP contribution in [0.2, 0.25) is 0 Å². The van der Waals surface area contributed by atoms with Crippen molar-refractivity contribution in [2.45, 2.75) is 0 Å². The van der Waals surface area contributed by atoms with Crippen LogP contribution in [0.3, 0.4) is 0 Å². The van der Waals surface area contributed by atoms with E-state index in [1.165, 1.54) is 36.7 Å². The number of benzene rings is 1. The van der Waals surface area contributed by atoms with Crippen molar-refractivity contribution in [2.75, 3.05) is 7.11 Å². The molecule has 0 atom stereocenters. The largest absolute Gasteiger partial charge is 0.493 e. The minimum Gasteiger partial charge on any atom is -0.493 e. The van der Waals surface area contributed by atoms with Crippen LogP contribution in [-0.4, -0.2) is 19.0 Å². The Morgan fingerprint density at radius 2 is 2.09 bits per heavy atom. The van der Waals surface area contributed by atoms with Gasteiger partial charge in [0.1, 0.15) is 16.5 Å². The lowest BCUT2D eigenvalue weighted by Gasteiger charge is -2.09. The number of primary amides is 1. The Kier molecular flexibility index (Phi) is 5.12. The SMILES string of the molecule is COc1cc(C=C(C#N)C(N)=O)ccc1OC(=O)c1cccs1. The predicted octanol–water partition coefficient (Wildman–Crippen LogP) is 2.37. The summed E-state index contributed by atoms with van der Waals surface area (Å²) in [5.74, 6) is -0.776. The predicted molar refractivity (Wildman–Crippen MR) is 85.1 cm³/mol. The van der Waals surface area contributed by atoms with E-state index >= 15 is 0 Å². The molecule has 0 saturated carbocycles. The molecular formula is C16H12N2O4S. The van der Waals surface area contributed by atoms with Crippen molar-refractivity contribution in [1.29, 1.82) is 5.26 Å². The molecule has 1 aromatic heterocycles. The maximum Gasteiger partial charge on any atom is 0.353 e. The van der Waals surface area contributed by atoms with Gasteiger partial charge in [-0.25, -0.2) is 4.79 Å². The van der Waals surface area contributed by atoms with Crippen LogP contribution >= 0.6 is 11.3 Å². The Hall–Kier alpha value is -3.11. The molecule has 0 aliphatic carbocycles. The number of ether oxygens (including phenoxy) is 2. The second kappa shape index (κ2) is 7.24. The first-order valence-electron chi connectivity index (χ1n) is 6.40. The first kappa shape index (κ1) is 16.3. The van der Waals surface area contributed by atoms with E-state index < -0.39 is 11.9 Å². The molecule has 0 aliphatic rings. The van der Waals surface area contributed by atoms with E-state index in [0.717, 1.165) is 0 Å². The minimum atomic E-state index is -0.820. The third-order valence-corrected chi connectivity index (χ3v) is 3.66. The second-order valence-corrected chi connectivity index (χ2v) is 5.26. The fourth-order valence-corrected chi connectivity index (χ4v) is 2.33. The first-order valence-corrected chi connectivity index (χ1v) is 7.28. The molecular weight excluding hydrogens is 316 g/mol. The summed E-state index contributed by atoms with van der Waals surface area (Å²) in [6, 6.07) is 9.76. The number of methoxy groups -OCH3 is 1. The van der Waals surface area contributed by atoms with Gasteiger partial charge in [0.25, 0.3) is 5.91 Å². The van der Waals surface area contributed by atoms with E-state index in [1.807, 2.05) is 0 Å². The third-order valence-electron chi connectivity index (χ3n) is 2.81. The maximum absolute atomic E-state index is 12.0. The fourth-order valence-electron chi connectivity index (χ4n) is 1.73. The van der Waals surface area contributed by atoms with Crippen LogP contribution in [0.1, 0.15) is 15.2 Å². The molecule has 0 saturated heterocycles. The van der Waals surface area contributed by atoms with E-state index in [4.69, 9.17) is 20.5 Å². The molecule has 2 N–H and O–H groups in total. The number of carbonyl (C=O) groups is 2. The molecule has 116 valence electrons.